The Labute approximate surface area is 100 Å². The van der Waals surface area contributed by atoms with Gasteiger partial charge in [-0.25, -0.2) is 9.97 Å². The van der Waals surface area contributed by atoms with Crippen LogP contribution in [0, 0.1) is 0 Å². The van der Waals surface area contributed by atoms with Gasteiger partial charge in [0.2, 0.25) is 0 Å². The van der Waals surface area contributed by atoms with Crippen LogP contribution in [-0.4, -0.2) is 20.8 Å². The Kier molecular flexibility index (Phi) is 3.11. The molecule has 0 aliphatic rings. The van der Waals surface area contributed by atoms with Crippen LogP contribution in [-0.2, 0) is 0 Å². The molecule has 78 valence electrons. The van der Waals surface area contributed by atoms with E-state index < -0.39 is 0 Å². The van der Waals surface area contributed by atoms with Crippen LogP contribution in [0.3, 0.4) is 0 Å². The number of phenolic OH excluding ortho intramolecular Hbond substituents is 1. The summed E-state index contributed by atoms with van der Waals surface area (Å²) < 4.78 is 0.662. The molecule has 0 atom stereocenters. The quantitative estimate of drug-likeness (QED) is 0.680. The van der Waals surface area contributed by atoms with Crippen LogP contribution in [0.5, 0.6) is 5.75 Å². The molecule has 0 radical (unpaired) electrons. The number of nitrogens with zero attached hydrogens (tertiary/aromatic N) is 2. The Balaban J connectivity index is 2.56. The molecule has 0 saturated heterocycles. The standard InChI is InChI=1S/C10H9BrN2OS/c1-2-15-10-12-5-6-3-7(11)9(14)4-8(6)13-10/h3-5,14H,2H2,1H3. The number of hydrogen-bond acceptors (Lipinski definition) is 4. The molecular formula is C10H9BrN2OS. The van der Waals surface area contributed by atoms with E-state index >= 15 is 0 Å². The van der Waals surface area contributed by atoms with Gasteiger partial charge in [-0.3, -0.25) is 0 Å². The lowest BCUT2D eigenvalue weighted by molar-refractivity contribution is 0.472. The van der Waals surface area contributed by atoms with Crippen molar-refractivity contribution in [1.82, 2.24) is 9.97 Å². The summed E-state index contributed by atoms with van der Waals surface area (Å²) in [6, 6.07) is 3.45. The Morgan fingerprint density at radius 2 is 2.27 bits per heavy atom. The van der Waals surface area contributed by atoms with Crippen molar-refractivity contribution in [2.24, 2.45) is 0 Å². The van der Waals surface area contributed by atoms with Gasteiger partial charge in [-0.05, 0) is 27.7 Å². The first-order valence-electron chi connectivity index (χ1n) is 4.48. The molecule has 0 fully saturated rings. The van der Waals surface area contributed by atoms with Crippen LogP contribution in [0.4, 0.5) is 0 Å². The molecule has 0 bridgehead atoms. The summed E-state index contributed by atoms with van der Waals surface area (Å²) in [6.07, 6.45) is 1.77. The molecule has 0 aliphatic carbocycles. The Morgan fingerprint density at radius 3 is 3.00 bits per heavy atom. The molecule has 1 heterocycles. The van der Waals surface area contributed by atoms with E-state index in [0.717, 1.165) is 21.8 Å². The van der Waals surface area contributed by atoms with E-state index in [4.69, 9.17) is 0 Å². The number of phenols is 1. The molecule has 0 spiro atoms. The SMILES string of the molecule is CCSc1ncc2cc(Br)c(O)cc2n1. The minimum Gasteiger partial charge on any atom is -0.507 e. The van der Waals surface area contributed by atoms with E-state index in [9.17, 15) is 5.11 Å². The van der Waals surface area contributed by atoms with Gasteiger partial charge in [-0.15, -0.1) is 0 Å². The van der Waals surface area contributed by atoms with Gasteiger partial charge in [0, 0.05) is 17.6 Å². The van der Waals surface area contributed by atoms with Crippen molar-refractivity contribution >= 4 is 38.6 Å². The lowest BCUT2D eigenvalue weighted by Gasteiger charge is -2.02. The molecule has 0 aliphatic heterocycles. The van der Waals surface area contributed by atoms with E-state index in [1.54, 1.807) is 24.0 Å². The number of hydrogen-bond donors (Lipinski definition) is 1. The van der Waals surface area contributed by atoms with Crippen molar-refractivity contribution in [3.8, 4) is 5.75 Å². The summed E-state index contributed by atoms with van der Waals surface area (Å²) in [4.78, 5) is 8.55. The Bertz CT molecular complexity index is 504. The first-order valence-corrected chi connectivity index (χ1v) is 6.26. The monoisotopic (exact) mass is 284 g/mol. The van der Waals surface area contributed by atoms with Crippen molar-refractivity contribution in [2.75, 3.05) is 5.75 Å². The third kappa shape index (κ3) is 2.23. The topological polar surface area (TPSA) is 46.0 Å². The zero-order valence-corrected chi connectivity index (χ0v) is 10.5. The van der Waals surface area contributed by atoms with Crippen molar-refractivity contribution in [3.63, 3.8) is 0 Å². The number of aromatic hydroxyl groups is 1. The molecule has 3 nitrogen and oxygen atoms in total. The summed E-state index contributed by atoms with van der Waals surface area (Å²) in [5, 5.41) is 11.2. The average Bonchev–Trinajstić information content (AvgIpc) is 2.21. The number of halogens is 1. The van der Waals surface area contributed by atoms with E-state index in [2.05, 4.69) is 32.8 Å². The minimum atomic E-state index is 0.202. The van der Waals surface area contributed by atoms with Crippen LogP contribution in [0.2, 0.25) is 0 Å². The minimum absolute atomic E-state index is 0.202. The molecule has 0 saturated carbocycles. The molecule has 1 aromatic carbocycles. The second-order valence-corrected chi connectivity index (χ2v) is 5.03. The average molecular weight is 285 g/mol. The van der Waals surface area contributed by atoms with E-state index in [-0.39, 0.29) is 5.75 Å². The highest BCUT2D eigenvalue weighted by atomic mass is 79.9. The molecule has 0 unspecified atom stereocenters. The maximum Gasteiger partial charge on any atom is 0.188 e. The highest BCUT2D eigenvalue weighted by molar-refractivity contribution is 9.10. The van der Waals surface area contributed by atoms with Gasteiger partial charge in [0.15, 0.2) is 5.16 Å². The second kappa shape index (κ2) is 4.37. The maximum absolute atomic E-state index is 9.52. The highest BCUT2D eigenvalue weighted by Gasteiger charge is 2.04. The molecule has 1 N–H and O–H groups in total. The third-order valence-electron chi connectivity index (χ3n) is 1.90. The van der Waals surface area contributed by atoms with Gasteiger partial charge in [-0.2, -0.15) is 0 Å². The van der Waals surface area contributed by atoms with E-state index in [1.165, 1.54) is 0 Å². The van der Waals surface area contributed by atoms with Crippen molar-refractivity contribution in [2.45, 2.75) is 12.1 Å². The van der Waals surface area contributed by atoms with Crippen LogP contribution >= 0.6 is 27.7 Å². The van der Waals surface area contributed by atoms with Crippen molar-refractivity contribution in [3.05, 3.63) is 22.8 Å². The molecule has 5 heteroatoms. The van der Waals surface area contributed by atoms with Crippen molar-refractivity contribution < 1.29 is 5.11 Å². The predicted octanol–water partition coefficient (Wildman–Crippen LogP) is 3.21. The molecular weight excluding hydrogens is 276 g/mol. The first-order chi connectivity index (χ1) is 7.20. The van der Waals surface area contributed by atoms with Crippen molar-refractivity contribution in [1.29, 1.82) is 0 Å². The normalized spacial score (nSPS) is 10.8. The summed E-state index contributed by atoms with van der Waals surface area (Å²) >= 11 is 4.84. The lowest BCUT2D eigenvalue weighted by atomic mass is 10.2. The molecule has 2 rings (SSSR count). The van der Waals surface area contributed by atoms with Crippen LogP contribution in [0.1, 0.15) is 6.92 Å². The van der Waals surface area contributed by atoms with Gasteiger partial charge < -0.3 is 5.11 Å². The number of thioether (sulfide) groups is 1. The fourth-order valence-electron chi connectivity index (χ4n) is 1.22. The van der Waals surface area contributed by atoms with Crippen LogP contribution in [0.15, 0.2) is 28.0 Å². The molecule has 0 amide bonds. The Morgan fingerprint density at radius 1 is 1.47 bits per heavy atom. The van der Waals surface area contributed by atoms with Crippen LogP contribution in [0.25, 0.3) is 10.9 Å². The maximum atomic E-state index is 9.52. The van der Waals surface area contributed by atoms with Gasteiger partial charge >= 0.3 is 0 Å². The number of rotatable bonds is 2. The second-order valence-electron chi connectivity index (χ2n) is 2.95. The molecule has 2 aromatic rings. The first kappa shape index (κ1) is 10.7. The summed E-state index contributed by atoms with van der Waals surface area (Å²) in [5.74, 6) is 1.14. The fraction of sp³-hybridized carbons (Fsp3) is 0.200. The summed E-state index contributed by atoms with van der Waals surface area (Å²) in [5.41, 5.74) is 0.765. The lowest BCUT2D eigenvalue weighted by Crippen LogP contribution is -1.88. The van der Waals surface area contributed by atoms with Gasteiger partial charge in [0.25, 0.3) is 0 Å². The van der Waals surface area contributed by atoms with Gasteiger partial charge in [-0.1, -0.05) is 18.7 Å². The number of benzene rings is 1. The zero-order valence-electron chi connectivity index (χ0n) is 8.07. The number of fused-ring (bicyclic) bond motifs is 1. The van der Waals surface area contributed by atoms with Gasteiger partial charge in [0.05, 0.1) is 9.99 Å². The summed E-state index contributed by atoms with van der Waals surface area (Å²) in [7, 11) is 0. The number of aromatic nitrogens is 2. The van der Waals surface area contributed by atoms with Crippen LogP contribution < -0.4 is 0 Å². The predicted molar refractivity (Wildman–Crippen MR) is 65.3 cm³/mol. The Hall–Kier alpha value is -0.810. The van der Waals surface area contributed by atoms with Gasteiger partial charge in [0.1, 0.15) is 5.75 Å². The third-order valence-corrected chi connectivity index (χ3v) is 3.28. The summed E-state index contributed by atoms with van der Waals surface area (Å²) in [6.45, 7) is 2.05. The zero-order chi connectivity index (χ0) is 10.8. The molecule has 1 aromatic heterocycles. The largest absolute Gasteiger partial charge is 0.507 e. The molecule has 15 heavy (non-hydrogen) atoms. The highest BCUT2D eigenvalue weighted by Crippen LogP contribution is 2.28. The smallest absolute Gasteiger partial charge is 0.188 e. The van der Waals surface area contributed by atoms with E-state index in [1.807, 2.05) is 6.07 Å². The fourth-order valence-corrected chi connectivity index (χ4v) is 2.13. The van der Waals surface area contributed by atoms with E-state index in [0.29, 0.717) is 4.47 Å².